The highest BCUT2D eigenvalue weighted by atomic mass is 16.5. The molecule has 0 saturated heterocycles. The van der Waals surface area contributed by atoms with Crippen molar-refractivity contribution in [1.82, 2.24) is 0 Å². The van der Waals surface area contributed by atoms with Gasteiger partial charge in [0.15, 0.2) is 0 Å². The van der Waals surface area contributed by atoms with Crippen molar-refractivity contribution >= 4 is 17.2 Å². The van der Waals surface area contributed by atoms with Crippen molar-refractivity contribution in [2.24, 2.45) is 0 Å². The summed E-state index contributed by atoms with van der Waals surface area (Å²) in [5, 5.41) is 0. The van der Waals surface area contributed by atoms with Crippen LogP contribution in [0.25, 0.3) is 0 Å². The molecule has 130 valence electrons. The first-order valence-electron chi connectivity index (χ1n) is 8.47. The summed E-state index contributed by atoms with van der Waals surface area (Å²) in [5.74, 6) is 1.92. The molecular weight excluding hydrogens is 316 g/mol. The van der Waals surface area contributed by atoms with Gasteiger partial charge >= 0.3 is 0 Å². The van der Waals surface area contributed by atoms with Crippen molar-refractivity contribution in [1.29, 1.82) is 0 Å². The Bertz CT molecular complexity index is 772. The Morgan fingerprint density at radius 2 is 1.44 bits per heavy atom. The van der Waals surface area contributed by atoms with E-state index in [0.29, 0.717) is 6.42 Å². The molecule has 0 amide bonds. The van der Waals surface area contributed by atoms with Crippen LogP contribution in [-0.4, -0.2) is 26.2 Å². The summed E-state index contributed by atoms with van der Waals surface area (Å²) < 4.78 is 10.8. The molecule has 2 bridgehead atoms. The van der Waals surface area contributed by atoms with E-state index in [0.717, 1.165) is 24.6 Å². The van der Waals surface area contributed by atoms with Crippen LogP contribution >= 0.6 is 0 Å². The molecule has 2 aliphatic rings. The molecule has 0 fully saturated rings. The van der Waals surface area contributed by atoms with Crippen LogP contribution in [0.2, 0.25) is 0 Å². The number of rotatable bonds is 4. The van der Waals surface area contributed by atoms with Crippen molar-refractivity contribution < 1.29 is 14.3 Å². The van der Waals surface area contributed by atoms with Gasteiger partial charge in [0.25, 0.3) is 0 Å². The number of hydrogen-bond acceptors (Lipinski definition) is 5. The second-order valence-electron chi connectivity index (χ2n) is 6.63. The maximum atomic E-state index is 11.9. The minimum absolute atomic E-state index is 0.0549. The number of fused-ring (bicyclic) bond motifs is 6. The van der Waals surface area contributed by atoms with E-state index in [-0.39, 0.29) is 11.9 Å². The summed E-state index contributed by atoms with van der Waals surface area (Å²) in [7, 11) is 3.37. The average molecular weight is 338 g/mol. The predicted molar refractivity (Wildman–Crippen MR) is 97.4 cm³/mol. The number of methoxy groups -OCH3 is 2. The van der Waals surface area contributed by atoms with Gasteiger partial charge in [-0.05, 0) is 54.4 Å². The quantitative estimate of drug-likeness (QED) is 0.855. The summed E-state index contributed by atoms with van der Waals surface area (Å²) in [5.41, 5.74) is 4.80. The Kier molecular flexibility index (Phi) is 3.79. The van der Waals surface area contributed by atoms with Crippen LogP contribution < -0.4 is 19.3 Å². The minimum atomic E-state index is 0.0549. The maximum absolute atomic E-state index is 11.9. The van der Waals surface area contributed by atoms with Crippen LogP contribution in [0.15, 0.2) is 36.4 Å². The van der Waals surface area contributed by atoms with Gasteiger partial charge in [0.05, 0.1) is 14.2 Å². The number of hydrogen-bond donors (Lipinski definition) is 0. The van der Waals surface area contributed by atoms with Crippen LogP contribution in [0.3, 0.4) is 0 Å². The molecule has 0 radical (unpaired) electrons. The monoisotopic (exact) mass is 338 g/mol. The highest BCUT2D eigenvalue weighted by molar-refractivity contribution is 5.79. The first-order valence-corrected chi connectivity index (χ1v) is 8.47. The Hall–Kier alpha value is -2.69. The molecule has 0 unspecified atom stereocenters. The molecule has 25 heavy (non-hydrogen) atoms. The summed E-state index contributed by atoms with van der Waals surface area (Å²) >= 11 is 0. The van der Waals surface area contributed by atoms with Crippen LogP contribution in [0, 0.1) is 0 Å². The number of nitrogens with zero attached hydrogens (tertiary/aromatic N) is 2. The molecule has 0 N–H and O–H groups in total. The number of anilines is 2. The highest BCUT2D eigenvalue weighted by Crippen LogP contribution is 2.43. The Labute approximate surface area is 147 Å². The van der Waals surface area contributed by atoms with Gasteiger partial charge in [0.2, 0.25) is 0 Å². The lowest BCUT2D eigenvalue weighted by Crippen LogP contribution is -2.55. The molecule has 2 heterocycles. The molecule has 2 aliphatic heterocycles. The molecule has 4 rings (SSSR count). The number of ketones is 1. The van der Waals surface area contributed by atoms with E-state index >= 15 is 0 Å². The second kappa shape index (κ2) is 5.99. The smallest absolute Gasteiger partial charge is 0.133 e. The van der Waals surface area contributed by atoms with Gasteiger partial charge < -0.3 is 19.3 Å². The largest absolute Gasteiger partial charge is 0.497 e. The van der Waals surface area contributed by atoms with Gasteiger partial charge in [-0.3, -0.25) is 4.79 Å². The molecule has 0 atom stereocenters. The zero-order valence-corrected chi connectivity index (χ0v) is 14.8. The van der Waals surface area contributed by atoms with Gasteiger partial charge in [0.1, 0.15) is 23.4 Å². The Morgan fingerprint density at radius 1 is 0.960 bits per heavy atom. The van der Waals surface area contributed by atoms with Gasteiger partial charge in [-0.1, -0.05) is 0 Å². The van der Waals surface area contributed by atoms with E-state index in [1.807, 2.05) is 12.1 Å². The Balaban J connectivity index is 1.82. The van der Waals surface area contributed by atoms with E-state index in [1.165, 1.54) is 22.5 Å². The van der Waals surface area contributed by atoms with Crippen LogP contribution in [0.5, 0.6) is 11.5 Å². The number of ether oxygens (including phenoxy) is 2. The third-order valence-corrected chi connectivity index (χ3v) is 5.06. The molecule has 5 heteroatoms. The fraction of sp³-hybridized carbons (Fsp3) is 0.350. The maximum Gasteiger partial charge on any atom is 0.133 e. The van der Waals surface area contributed by atoms with Crippen molar-refractivity contribution in [3.63, 3.8) is 0 Å². The van der Waals surface area contributed by atoms with E-state index < -0.39 is 0 Å². The average Bonchev–Trinajstić information content (AvgIpc) is 2.61. The highest BCUT2D eigenvalue weighted by Gasteiger charge is 2.38. The minimum Gasteiger partial charge on any atom is -0.497 e. The number of benzene rings is 2. The van der Waals surface area contributed by atoms with E-state index in [1.54, 1.807) is 21.1 Å². The van der Waals surface area contributed by atoms with Gasteiger partial charge in [-0.2, -0.15) is 0 Å². The Morgan fingerprint density at radius 3 is 1.84 bits per heavy atom. The van der Waals surface area contributed by atoms with Gasteiger partial charge in [0, 0.05) is 30.9 Å². The van der Waals surface area contributed by atoms with Crippen LogP contribution in [0.4, 0.5) is 11.4 Å². The summed E-state index contributed by atoms with van der Waals surface area (Å²) in [6.07, 6.45) is 0.566. The normalized spacial score (nSPS) is 15.5. The number of carbonyl (C=O) groups is 1. The standard InChI is InChI=1S/C20H22N2O3/c1-13(23)8-20-21-11-14-9-16(24-2)4-6-18(14)22(20)12-15-10-17(25-3)5-7-19(15)21/h4-7,9-10,20H,8,11-12H2,1-3H3. The zero-order chi connectivity index (χ0) is 17.6. The van der Waals surface area contributed by atoms with E-state index in [9.17, 15) is 4.79 Å². The lowest BCUT2D eigenvalue weighted by atomic mass is 9.96. The number of carbonyl (C=O) groups excluding carboxylic acids is 1. The van der Waals surface area contributed by atoms with Crippen molar-refractivity contribution in [2.45, 2.75) is 32.6 Å². The predicted octanol–water partition coefficient (Wildman–Crippen LogP) is 3.35. The van der Waals surface area contributed by atoms with E-state index in [2.05, 4.69) is 34.1 Å². The summed E-state index contributed by atoms with van der Waals surface area (Å²) in [6, 6.07) is 12.4. The first kappa shape index (κ1) is 15.8. The number of Topliss-reactive ketones (excluding diaryl/α,β-unsaturated/α-hetero) is 1. The van der Waals surface area contributed by atoms with Crippen molar-refractivity contribution in [3.8, 4) is 11.5 Å². The van der Waals surface area contributed by atoms with Gasteiger partial charge in [-0.25, -0.2) is 0 Å². The fourth-order valence-electron chi connectivity index (χ4n) is 3.91. The SMILES string of the molecule is COc1ccc2c(c1)CN1c3ccc(OC)cc3CN2C1CC(C)=O. The lowest BCUT2D eigenvalue weighted by Gasteiger charge is -2.51. The second-order valence-corrected chi connectivity index (χ2v) is 6.63. The first-order chi connectivity index (χ1) is 12.1. The third kappa shape index (κ3) is 2.60. The van der Waals surface area contributed by atoms with E-state index in [4.69, 9.17) is 9.47 Å². The van der Waals surface area contributed by atoms with Crippen molar-refractivity contribution in [2.75, 3.05) is 24.0 Å². The summed E-state index contributed by atoms with van der Waals surface area (Å²) in [6.45, 7) is 3.19. The zero-order valence-electron chi connectivity index (χ0n) is 14.8. The van der Waals surface area contributed by atoms with Gasteiger partial charge in [-0.15, -0.1) is 0 Å². The lowest BCUT2D eigenvalue weighted by molar-refractivity contribution is -0.117. The van der Waals surface area contributed by atoms with Crippen LogP contribution in [-0.2, 0) is 17.9 Å². The van der Waals surface area contributed by atoms with Crippen LogP contribution in [0.1, 0.15) is 24.5 Å². The summed E-state index contributed by atoms with van der Waals surface area (Å²) in [4.78, 5) is 16.5. The topological polar surface area (TPSA) is 42.0 Å². The molecule has 0 aromatic heterocycles. The molecule has 0 spiro atoms. The molecular formula is C20H22N2O3. The van der Waals surface area contributed by atoms with Crippen molar-refractivity contribution in [3.05, 3.63) is 47.5 Å². The fourth-order valence-corrected chi connectivity index (χ4v) is 3.91. The molecule has 0 saturated carbocycles. The molecule has 0 aliphatic carbocycles. The molecule has 5 nitrogen and oxygen atoms in total. The molecule has 2 aromatic rings. The third-order valence-electron chi connectivity index (χ3n) is 5.06. The molecule has 2 aromatic carbocycles.